The molecule has 0 aliphatic heterocycles. The normalized spacial score (nSPS) is 11.0. The molecule has 0 radical (unpaired) electrons. The molecule has 0 fully saturated rings. The highest BCUT2D eigenvalue weighted by molar-refractivity contribution is 5.94. The van der Waals surface area contributed by atoms with Gasteiger partial charge in [-0.1, -0.05) is 30.3 Å². The van der Waals surface area contributed by atoms with Crippen molar-refractivity contribution in [2.45, 2.75) is 0 Å². The Morgan fingerprint density at radius 1 is 0.966 bits per heavy atom. The molecule has 29 heavy (non-hydrogen) atoms. The molecular weight excluding hydrogens is 368 g/mol. The first-order valence-electron chi connectivity index (χ1n) is 8.89. The van der Waals surface area contributed by atoms with Gasteiger partial charge in [-0.3, -0.25) is 15.2 Å². The van der Waals surface area contributed by atoms with Gasteiger partial charge in [-0.2, -0.15) is 5.10 Å². The van der Waals surface area contributed by atoms with Crippen LogP contribution in [0, 0.1) is 10.1 Å². The van der Waals surface area contributed by atoms with Crippen molar-refractivity contribution in [1.82, 2.24) is 20.2 Å². The van der Waals surface area contributed by atoms with Crippen molar-refractivity contribution in [2.24, 2.45) is 0 Å². The lowest BCUT2D eigenvalue weighted by Gasteiger charge is -2.11. The van der Waals surface area contributed by atoms with E-state index in [2.05, 4.69) is 25.5 Å². The molecule has 0 aliphatic rings. The maximum absolute atomic E-state index is 11.3. The van der Waals surface area contributed by atoms with E-state index in [9.17, 15) is 10.1 Å². The van der Waals surface area contributed by atoms with Crippen LogP contribution in [0.15, 0.2) is 72.9 Å². The van der Waals surface area contributed by atoms with Gasteiger partial charge in [-0.05, 0) is 24.3 Å². The number of nitrogens with zero attached hydrogens (tertiary/aromatic N) is 4. The molecule has 3 aromatic carbocycles. The minimum Gasteiger partial charge on any atom is -0.340 e. The van der Waals surface area contributed by atoms with Crippen LogP contribution in [-0.2, 0) is 0 Å². The second-order valence-corrected chi connectivity index (χ2v) is 6.52. The lowest BCUT2D eigenvalue weighted by molar-refractivity contribution is -0.384. The highest BCUT2D eigenvalue weighted by Crippen LogP contribution is 2.30. The lowest BCUT2D eigenvalue weighted by atomic mass is 10.1. The van der Waals surface area contributed by atoms with Gasteiger partial charge in [0.05, 0.1) is 22.2 Å². The lowest BCUT2D eigenvalue weighted by Crippen LogP contribution is -2.00. The van der Waals surface area contributed by atoms with Crippen LogP contribution >= 0.6 is 0 Å². The van der Waals surface area contributed by atoms with Crippen molar-refractivity contribution in [3.63, 3.8) is 0 Å². The fourth-order valence-corrected chi connectivity index (χ4v) is 3.20. The van der Waals surface area contributed by atoms with Crippen molar-refractivity contribution < 1.29 is 4.92 Å². The van der Waals surface area contributed by atoms with Gasteiger partial charge in [0, 0.05) is 34.2 Å². The summed E-state index contributed by atoms with van der Waals surface area (Å²) < 4.78 is 0. The number of nitro benzene ring substituents is 1. The third kappa shape index (κ3) is 3.12. The molecule has 0 aliphatic carbocycles. The van der Waals surface area contributed by atoms with Gasteiger partial charge in [0.15, 0.2) is 5.82 Å². The zero-order chi connectivity index (χ0) is 19.8. The van der Waals surface area contributed by atoms with E-state index in [1.54, 1.807) is 12.3 Å². The summed E-state index contributed by atoms with van der Waals surface area (Å²) in [5, 5.41) is 23.0. The van der Waals surface area contributed by atoms with E-state index in [4.69, 9.17) is 0 Å². The van der Waals surface area contributed by atoms with Crippen LogP contribution < -0.4 is 5.32 Å². The van der Waals surface area contributed by atoms with Crippen LogP contribution in [-0.4, -0.2) is 25.1 Å². The maximum atomic E-state index is 11.3. The molecule has 0 bridgehead atoms. The molecule has 0 atom stereocenters. The minimum absolute atomic E-state index is 0.0121. The molecular formula is C21H14N6O2. The van der Waals surface area contributed by atoms with Gasteiger partial charge in [0.2, 0.25) is 0 Å². The zero-order valence-electron chi connectivity index (χ0n) is 15.0. The molecule has 8 nitrogen and oxygen atoms in total. The third-order valence-electron chi connectivity index (χ3n) is 4.63. The number of nitrogens with one attached hydrogen (secondary N) is 2. The van der Waals surface area contributed by atoms with Crippen molar-refractivity contribution in [2.75, 3.05) is 5.32 Å². The van der Waals surface area contributed by atoms with E-state index in [0.717, 1.165) is 22.2 Å². The van der Waals surface area contributed by atoms with E-state index in [0.29, 0.717) is 22.5 Å². The van der Waals surface area contributed by atoms with Crippen LogP contribution in [0.5, 0.6) is 0 Å². The predicted octanol–water partition coefficient (Wildman–Crippen LogP) is 4.82. The number of benzene rings is 3. The van der Waals surface area contributed by atoms with Crippen molar-refractivity contribution >= 4 is 39.0 Å². The number of fused-ring (bicyclic) bond motifs is 2. The molecule has 2 N–H and O–H groups in total. The zero-order valence-corrected chi connectivity index (χ0v) is 15.0. The fraction of sp³-hybridized carbons (Fsp3) is 0. The summed E-state index contributed by atoms with van der Waals surface area (Å²) in [6.45, 7) is 0. The molecule has 0 unspecified atom stereocenters. The van der Waals surface area contributed by atoms with Gasteiger partial charge in [0.1, 0.15) is 5.82 Å². The Labute approximate surface area is 164 Å². The molecule has 2 aromatic heterocycles. The Morgan fingerprint density at radius 3 is 2.66 bits per heavy atom. The summed E-state index contributed by atoms with van der Waals surface area (Å²) in [7, 11) is 0. The number of nitro groups is 1. The minimum atomic E-state index is -0.425. The average Bonchev–Trinajstić information content (AvgIpc) is 3.22. The van der Waals surface area contributed by atoms with E-state index in [1.165, 1.54) is 12.1 Å². The number of H-pyrrole nitrogens is 1. The summed E-state index contributed by atoms with van der Waals surface area (Å²) in [5.41, 5.74) is 3.19. The topological polar surface area (TPSA) is 110 Å². The highest BCUT2D eigenvalue weighted by atomic mass is 16.6. The largest absolute Gasteiger partial charge is 0.340 e. The van der Waals surface area contributed by atoms with Crippen LogP contribution in [0.25, 0.3) is 33.2 Å². The van der Waals surface area contributed by atoms with Crippen LogP contribution in [0.2, 0.25) is 0 Å². The third-order valence-corrected chi connectivity index (χ3v) is 4.63. The molecule has 140 valence electrons. The molecule has 8 heteroatoms. The van der Waals surface area contributed by atoms with E-state index in [-0.39, 0.29) is 5.69 Å². The van der Waals surface area contributed by atoms with Crippen LogP contribution in [0.3, 0.4) is 0 Å². The highest BCUT2D eigenvalue weighted by Gasteiger charge is 2.14. The molecule has 0 spiro atoms. The number of hydrogen-bond donors (Lipinski definition) is 2. The van der Waals surface area contributed by atoms with Crippen molar-refractivity contribution in [3.05, 3.63) is 83.0 Å². The number of aromatic amines is 1. The maximum Gasteiger partial charge on any atom is 0.270 e. The Bertz CT molecular complexity index is 1360. The SMILES string of the molecule is O=[N+]([O-])c1ccc2nc(-c3ccccc3)nc(Nc3ccc4[nH]ncc4c3)c2c1. The molecule has 2 heterocycles. The number of aromatic nitrogens is 4. The van der Waals surface area contributed by atoms with E-state index in [1.807, 2.05) is 48.5 Å². The quantitative estimate of drug-likeness (QED) is 0.340. The molecule has 0 amide bonds. The first-order valence-corrected chi connectivity index (χ1v) is 8.89. The smallest absolute Gasteiger partial charge is 0.270 e. The Morgan fingerprint density at radius 2 is 1.83 bits per heavy atom. The van der Waals surface area contributed by atoms with Crippen LogP contribution in [0.4, 0.5) is 17.2 Å². The van der Waals surface area contributed by atoms with Crippen molar-refractivity contribution in [3.8, 4) is 11.4 Å². The monoisotopic (exact) mass is 382 g/mol. The summed E-state index contributed by atoms with van der Waals surface area (Å²) >= 11 is 0. The number of anilines is 2. The average molecular weight is 382 g/mol. The second-order valence-electron chi connectivity index (χ2n) is 6.52. The molecule has 0 saturated heterocycles. The molecule has 5 rings (SSSR count). The van der Waals surface area contributed by atoms with Gasteiger partial charge in [-0.25, -0.2) is 9.97 Å². The second kappa shape index (κ2) is 6.68. The van der Waals surface area contributed by atoms with Gasteiger partial charge in [-0.15, -0.1) is 0 Å². The van der Waals surface area contributed by atoms with E-state index >= 15 is 0 Å². The van der Waals surface area contributed by atoms with Crippen molar-refractivity contribution in [1.29, 1.82) is 0 Å². The van der Waals surface area contributed by atoms with Crippen LogP contribution in [0.1, 0.15) is 0 Å². The summed E-state index contributed by atoms with van der Waals surface area (Å²) in [4.78, 5) is 20.1. The number of rotatable bonds is 4. The standard InChI is InChI=1S/C21H14N6O2/c28-27(29)16-7-9-19-17(11-16)21(25-20(24-19)13-4-2-1-3-5-13)23-15-6-8-18-14(10-15)12-22-26-18/h1-12H,(H,22,26)(H,23,24,25). The number of hydrogen-bond acceptors (Lipinski definition) is 6. The predicted molar refractivity (Wildman–Crippen MR) is 111 cm³/mol. The number of non-ortho nitro benzene ring substituents is 1. The molecule has 5 aromatic rings. The Balaban J connectivity index is 1.68. The first kappa shape index (κ1) is 16.8. The summed E-state index contributed by atoms with van der Waals surface area (Å²) in [6, 6.07) is 19.9. The first-order chi connectivity index (χ1) is 14.2. The Hall–Kier alpha value is -4.33. The summed E-state index contributed by atoms with van der Waals surface area (Å²) in [6.07, 6.45) is 1.73. The van der Waals surface area contributed by atoms with Gasteiger partial charge < -0.3 is 5.32 Å². The summed E-state index contributed by atoms with van der Waals surface area (Å²) in [5.74, 6) is 1.04. The Kier molecular flexibility index (Phi) is 3.87. The molecule has 0 saturated carbocycles. The fourth-order valence-electron chi connectivity index (χ4n) is 3.20. The van der Waals surface area contributed by atoms with Gasteiger partial charge >= 0.3 is 0 Å². The van der Waals surface area contributed by atoms with Gasteiger partial charge in [0.25, 0.3) is 5.69 Å². The van der Waals surface area contributed by atoms with E-state index < -0.39 is 4.92 Å².